The van der Waals surface area contributed by atoms with Gasteiger partial charge < -0.3 is 0 Å². The number of Topliss-reactive ketones (excluding diaryl/α,β-unsaturated/α-hetero) is 3. The molecule has 0 aromatic carbocycles. The zero-order valence-corrected chi connectivity index (χ0v) is 9.54. The van der Waals surface area contributed by atoms with Gasteiger partial charge in [0.25, 0.3) is 0 Å². The molecule has 0 aromatic rings. The van der Waals surface area contributed by atoms with Gasteiger partial charge >= 0.3 is 0 Å². The van der Waals surface area contributed by atoms with Crippen molar-refractivity contribution in [3.05, 3.63) is 0 Å². The largest absolute Gasteiger partial charge is 0.299 e. The molecule has 2 rings (SSSR count). The number of carbonyl (C=O) groups excluding carboxylic acids is 3. The normalized spacial score (nSPS) is 31.5. The van der Waals surface area contributed by atoms with Gasteiger partial charge in [0.1, 0.15) is 11.6 Å². The first-order valence-electron chi connectivity index (χ1n) is 6.29. The summed E-state index contributed by atoms with van der Waals surface area (Å²) < 4.78 is 0. The van der Waals surface area contributed by atoms with Crippen LogP contribution in [-0.4, -0.2) is 17.3 Å². The van der Waals surface area contributed by atoms with Crippen molar-refractivity contribution >= 4 is 17.3 Å². The first-order valence-corrected chi connectivity index (χ1v) is 6.29. The molecular formula is C13H18O3. The molecule has 2 aliphatic carbocycles. The van der Waals surface area contributed by atoms with Crippen molar-refractivity contribution in [3.8, 4) is 0 Å². The Morgan fingerprint density at radius 1 is 0.812 bits per heavy atom. The minimum absolute atomic E-state index is 0.0645. The zero-order chi connectivity index (χ0) is 11.5. The molecule has 2 unspecified atom stereocenters. The van der Waals surface area contributed by atoms with Crippen molar-refractivity contribution in [3.63, 3.8) is 0 Å². The quantitative estimate of drug-likeness (QED) is 0.672. The first kappa shape index (κ1) is 11.5. The number of carbonyl (C=O) groups is 3. The Kier molecular flexibility index (Phi) is 3.52. The van der Waals surface area contributed by atoms with Crippen LogP contribution in [0.5, 0.6) is 0 Å². The summed E-state index contributed by atoms with van der Waals surface area (Å²) in [7, 11) is 0. The molecule has 0 bridgehead atoms. The lowest BCUT2D eigenvalue weighted by atomic mass is 9.75. The minimum atomic E-state index is -0.458. The van der Waals surface area contributed by atoms with E-state index in [0.29, 0.717) is 25.7 Å². The third kappa shape index (κ3) is 2.23. The standard InChI is InChI=1S/C13H18O3/c14-11-7-3-1-5-9(11)13(16)10-6-2-4-8-12(10)15/h9-10H,1-8H2. The second-order valence-electron chi connectivity index (χ2n) is 4.93. The lowest BCUT2D eigenvalue weighted by Gasteiger charge is -2.25. The van der Waals surface area contributed by atoms with Crippen molar-refractivity contribution in [2.24, 2.45) is 11.8 Å². The Hall–Kier alpha value is -0.990. The van der Waals surface area contributed by atoms with Crippen LogP contribution in [-0.2, 0) is 14.4 Å². The molecule has 0 amide bonds. The highest BCUT2D eigenvalue weighted by molar-refractivity contribution is 6.11. The van der Waals surface area contributed by atoms with E-state index in [0.717, 1.165) is 25.7 Å². The van der Waals surface area contributed by atoms with Crippen LogP contribution in [0.3, 0.4) is 0 Å². The van der Waals surface area contributed by atoms with E-state index >= 15 is 0 Å². The fourth-order valence-corrected chi connectivity index (χ4v) is 2.81. The monoisotopic (exact) mass is 222 g/mol. The van der Waals surface area contributed by atoms with Gasteiger partial charge in [-0.3, -0.25) is 14.4 Å². The number of hydrogen-bond donors (Lipinski definition) is 0. The molecule has 0 saturated heterocycles. The lowest BCUT2D eigenvalue weighted by Crippen LogP contribution is -2.37. The van der Waals surface area contributed by atoms with Crippen LogP contribution in [0.15, 0.2) is 0 Å². The molecule has 3 heteroatoms. The Morgan fingerprint density at radius 3 is 1.62 bits per heavy atom. The molecule has 2 aliphatic rings. The molecule has 0 N–H and O–H groups in total. The zero-order valence-electron chi connectivity index (χ0n) is 9.54. The van der Waals surface area contributed by atoms with Gasteiger partial charge in [0.2, 0.25) is 0 Å². The SMILES string of the molecule is O=C1CCCCC1C(=O)C1CCCCC1=O. The predicted octanol–water partition coefficient (Wildman–Crippen LogP) is 2.07. The van der Waals surface area contributed by atoms with Crippen LogP contribution < -0.4 is 0 Å². The van der Waals surface area contributed by atoms with Crippen LogP contribution >= 0.6 is 0 Å². The van der Waals surface area contributed by atoms with Gasteiger partial charge in [-0.15, -0.1) is 0 Å². The fraction of sp³-hybridized carbons (Fsp3) is 0.769. The highest BCUT2D eigenvalue weighted by Gasteiger charge is 2.37. The number of ketones is 3. The maximum atomic E-state index is 12.1. The fourth-order valence-electron chi connectivity index (χ4n) is 2.81. The Labute approximate surface area is 95.6 Å². The second kappa shape index (κ2) is 4.89. The average molecular weight is 222 g/mol. The van der Waals surface area contributed by atoms with Crippen molar-refractivity contribution in [1.82, 2.24) is 0 Å². The van der Waals surface area contributed by atoms with E-state index in [1.165, 1.54) is 0 Å². The Bertz CT molecular complexity index is 289. The average Bonchev–Trinajstić information content (AvgIpc) is 2.29. The van der Waals surface area contributed by atoms with Gasteiger partial charge in [0.15, 0.2) is 5.78 Å². The summed E-state index contributed by atoms with van der Waals surface area (Å²) in [4.78, 5) is 35.4. The Morgan fingerprint density at radius 2 is 1.25 bits per heavy atom. The summed E-state index contributed by atoms with van der Waals surface area (Å²) in [5, 5.41) is 0. The molecule has 0 spiro atoms. The van der Waals surface area contributed by atoms with Crippen LogP contribution in [0, 0.1) is 11.8 Å². The van der Waals surface area contributed by atoms with E-state index in [-0.39, 0.29) is 17.3 Å². The molecule has 0 radical (unpaired) electrons. The molecule has 0 aromatic heterocycles. The summed E-state index contributed by atoms with van der Waals surface area (Å²) in [5.41, 5.74) is 0. The van der Waals surface area contributed by atoms with Crippen LogP contribution in [0.25, 0.3) is 0 Å². The van der Waals surface area contributed by atoms with Crippen LogP contribution in [0.2, 0.25) is 0 Å². The second-order valence-corrected chi connectivity index (χ2v) is 4.93. The third-order valence-corrected chi connectivity index (χ3v) is 3.80. The molecule has 16 heavy (non-hydrogen) atoms. The van der Waals surface area contributed by atoms with E-state index in [2.05, 4.69) is 0 Å². The number of hydrogen-bond acceptors (Lipinski definition) is 3. The van der Waals surface area contributed by atoms with Crippen LogP contribution in [0.4, 0.5) is 0 Å². The van der Waals surface area contributed by atoms with Crippen molar-refractivity contribution < 1.29 is 14.4 Å². The summed E-state index contributed by atoms with van der Waals surface area (Å²) in [5.74, 6) is -0.861. The highest BCUT2D eigenvalue weighted by Crippen LogP contribution is 2.29. The number of rotatable bonds is 2. The topological polar surface area (TPSA) is 51.2 Å². The molecule has 0 heterocycles. The van der Waals surface area contributed by atoms with E-state index in [4.69, 9.17) is 0 Å². The van der Waals surface area contributed by atoms with E-state index in [1.807, 2.05) is 0 Å². The van der Waals surface area contributed by atoms with Gasteiger partial charge in [0.05, 0.1) is 11.8 Å². The van der Waals surface area contributed by atoms with Gasteiger partial charge in [-0.25, -0.2) is 0 Å². The molecule has 2 saturated carbocycles. The maximum absolute atomic E-state index is 12.1. The summed E-state index contributed by atoms with van der Waals surface area (Å²) in [6.45, 7) is 0. The van der Waals surface area contributed by atoms with Crippen molar-refractivity contribution in [2.75, 3.05) is 0 Å². The smallest absolute Gasteiger partial charge is 0.153 e. The molecule has 88 valence electrons. The summed E-state index contributed by atoms with van der Waals surface area (Å²) >= 11 is 0. The molecular weight excluding hydrogens is 204 g/mol. The molecule has 3 nitrogen and oxygen atoms in total. The molecule has 0 aliphatic heterocycles. The van der Waals surface area contributed by atoms with E-state index in [1.54, 1.807) is 0 Å². The Balaban J connectivity index is 2.05. The van der Waals surface area contributed by atoms with Gasteiger partial charge in [-0.1, -0.05) is 12.8 Å². The highest BCUT2D eigenvalue weighted by atomic mass is 16.2. The lowest BCUT2D eigenvalue weighted by molar-refractivity contribution is -0.141. The van der Waals surface area contributed by atoms with Gasteiger partial charge in [0, 0.05) is 12.8 Å². The summed E-state index contributed by atoms with van der Waals surface area (Å²) in [6.07, 6.45) is 6.09. The summed E-state index contributed by atoms with van der Waals surface area (Å²) in [6, 6.07) is 0. The van der Waals surface area contributed by atoms with Crippen molar-refractivity contribution in [2.45, 2.75) is 51.4 Å². The van der Waals surface area contributed by atoms with E-state index in [9.17, 15) is 14.4 Å². The van der Waals surface area contributed by atoms with Crippen molar-refractivity contribution in [1.29, 1.82) is 0 Å². The maximum Gasteiger partial charge on any atom is 0.153 e. The van der Waals surface area contributed by atoms with Crippen LogP contribution in [0.1, 0.15) is 51.4 Å². The first-order chi connectivity index (χ1) is 7.70. The minimum Gasteiger partial charge on any atom is -0.299 e. The third-order valence-electron chi connectivity index (χ3n) is 3.80. The van der Waals surface area contributed by atoms with Gasteiger partial charge in [-0.05, 0) is 25.7 Å². The molecule has 2 atom stereocenters. The predicted molar refractivity (Wildman–Crippen MR) is 58.9 cm³/mol. The molecule has 2 fully saturated rings. The van der Waals surface area contributed by atoms with Gasteiger partial charge in [-0.2, -0.15) is 0 Å². The van der Waals surface area contributed by atoms with E-state index < -0.39 is 11.8 Å².